The van der Waals surface area contributed by atoms with E-state index in [9.17, 15) is 18.0 Å². The van der Waals surface area contributed by atoms with Gasteiger partial charge in [-0.2, -0.15) is 13.2 Å². The molecule has 0 aliphatic heterocycles. The summed E-state index contributed by atoms with van der Waals surface area (Å²) in [6.07, 6.45) is -4.60. The molecule has 0 fully saturated rings. The summed E-state index contributed by atoms with van der Waals surface area (Å²) in [5, 5.41) is 5.17. The Hall–Kier alpha value is -2.10. The molecule has 1 aromatic heterocycles. The summed E-state index contributed by atoms with van der Waals surface area (Å²) in [6.45, 7) is 0.872. The number of ether oxygens (including phenoxy) is 1. The van der Waals surface area contributed by atoms with Crippen LogP contribution in [-0.2, 0) is 15.7 Å². The van der Waals surface area contributed by atoms with Crippen molar-refractivity contribution in [3.05, 3.63) is 11.9 Å². The molecule has 1 aromatic rings. The SMILES string of the molecule is COCCNC(=O)CCNc1cc(N)nc(C(F)(F)F)n1. The van der Waals surface area contributed by atoms with Gasteiger partial charge in [0.05, 0.1) is 6.61 Å². The minimum absolute atomic E-state index is 0.0783. The molecule has 1 rings (SSSR count). The second kappa shape index (κ2) is 7.62. The van der Waals surface area contributed by atoms with E-state index in [0.717, 1.165) is 6.07 Å². The van der Waals surface area contributed by atoms with E-state index in [1.165, 1.54) is 7.11 Å². The maximum absolute atomic E-state index is 12.5. The van der Waals surface area contributed by atoms with Gasteiger partial charge in [0.15, 0.2) is 0 Å². The molecule has 0 aromatic carbocycles. The molecule has 7 nitrogen and oxygen atoms in total. The van der Waals surface area contributed by atoms with Gasteiger partial charge < -0.3 is 21.1 Å². The number of hydrogen-bond acceptors (Lipinski definition) is 6. The second-order valence-corrected chi connectivity index (χ2v) is 4.02. The summed E-state index contributed by atoms with van der Waals surface area (Å²) in [5.74, 6) is -1.96. The molecule has 0 spiro atoms. The minimum Gasteiger partial charge on any atom is -0.384 e. The third kappa shape index (κ3) is 6.25. The first-order valence-electron chi connectivity index (χ1n) is 6.04. The van der Waals surface area contributed by atoms with Gasteiger partial charge in [-0.1, -0.05) is 0 Å². The number of aromatic nitrogens is 2. The van der Waals surface area contributed by atoms with E-state index in [4.69, 9.17) is 10.5 Å². The minimum atomic E-state index is -4.68. The fraction of sp³-hybridized carbons (Fsp3) is 0.545. The molecule has 0 atom stereocenters. The molecule has 0 unspecified atom stereocenters. The van der Waals surface area contributed by atoms with Crippen LogP contribution in [0.1, 0.15) is 12.2 Å². The number of anilines is 2. The second-order valence-electron chi connectivity index (χ2n) is 4.02. The standard InChI is InChI=1S/C11H16F3N5O2/c1-21-5-4-17-9(20)2-3-16-8-6-7(15)18-10(19-8)11(12,13)14/h6H,2-5H2,1H3,(H,17,20)(H3,15,16,18,19). The van der Waals surface area contributed by atoms with Gasteiger partial charge in [-0.15, -0.1) is 0 Å². The Labute approximate surface area is 119 Å². The predicted molar refractivity (Wildman–Crippen MR) is 69.4 cm³/mol. The van der Waals surface area contributed by atoms with Crippen molar-refractivity contribution in [2.24, 2.45) is 0 Å². The molecule has 0 saturated carbocycles. The smallest absolute Gasteiger partial charge is 0.384 e. The van der Waals surface area contributed by atoms with Crippen LogP contribution in [0.3, 0.4) is 0 Å². The topological polar surface area (TPSA) is 102 Å². The molecule has 0 radical (unpaired) electrons. The lowest BCUT2D eigenvalue weighted by Crippen LogP contribution is -2.28. The molecular weight excluding hydrogens is 291 g/mol. The number of amides is 1. The quantitative estimate of drug-likeness (QED) is 0.639. The third-order valence-corrected chi connectivity index (χ3v) is 2.29. The molecular formula is C11H16F3N5O2. The molecule has 1 amide bonds. The van der Waals surface area contributed by atoms with Gasteiger partial charge >= 0.3 is 6.18 Å². The van der Waals surface area contributed by atoms with Crippen LogP contribution < -0.4 is 16.4 Å². The zero-order valence-electron chi connectivity index (χ0n) is 11.3. The normalized spacial score (nSPS) is 11.2. The Bertz CT molecular complexity index is 481. The van der Waals surface area contributed by atoms with E-state index in [-0.39, 0.29) is 30.5 Å². The molecule has 4 N–H and O–H groups in total. The Morgan fingerprint density at radius 1 is 1.38 bits per heavy atom. The summed E-state index contributed by atoms with van der Waals surface area (Å²) in [6, 6.07) is 1.16. The Balaban J connectivity index is 2.49. The van der Waals surface area contributed by atoms with Crippen LogP contribution in [0.2, 0.25) is 0 Å². The van der Waals surface area contributed by atoms with Crippen LogP contribution in [0.4, 0.5) is 24.8 Å². The number of halogens is 3. The first-order valence-corrected chi connectivity index (χ1v) is 6.04. The molecule has 0 bridgehead atoms. The summed E-state index contributed by atoms with van der Waals surface area (Å²) < 4.78 is 42.2. The molecule has 0 aliphatic carbocycles. The van der Waals surface area contributed by atoms with Crippen LogP contribution in [0.25, 0.3) is 0 Å². The molecule has 10 heteroatoms. The number of methoxy groups -OCH3 is 1. The van der Waals surface area contributed by atoms with Crippen molar-refractivity contribution in [2.75, 3.05) is 37.9 Å². The van der Waals surface area contributed by atoms with Gasteiger partial charge in [0.1, 0.15) is 11.6 Å². The largest absolute Gasteiger partial charge is 0.451 e. The number of nitrogens with zero attached hydrogens (tertiary/aromatic N) is 2. The van der Waals surface area contributed by atoms with Crippen molar-refractivity contribution >= 4 is 17.5 Å². The maximum Gasteiger partial charge on any atom is 0.451 e. The number of rotatable bonds is 7. The lowest BCUT2D eigenvalue weighted by molar-refractivity contribution is -0.144. The number of carbonyl (C=O) groups is 1. The van der Waals surface area contributed by atoms with Crippen molar-refractivity contribution in [1.82, 2.24) is 15.3 Å². The van der Waals surface area contributed by atoms with Gasteiger partial charge in [-0.3, -0.25) is 4.79 Å². The average molecular weight is 307 g/mol. The van der Waals surface area contributed by atoms with Crippen molar-refractivity contribution in [3.63, 3.8) is 0 Å². The highest BCUT2D eigenvalue weighted by Gasteiger charge is 2.35. The van der Waals surface area contributed by atoms with E-state index >= 15 is 0 Å². The molecule has 0 aliphatic rings. The Morgan fingerprint density at radius 3 is 2.71 bits per heavy atom. The number of alkyl halides is 3. The Morgan fingerprint density at radius 2 is 2.10 bits per heavy atom. The third-order valence-electron chi connectivity index (χ3n) is 2.29. The number of hydrogen-bond donors (Lipinski definition) is 3. The summed E-state index contributed by atoms with van der Waals surface area (Å²) in [5.41, 5.74) is 5.28. The molecule has 0 saturated heterocycles. The summed E-state index contributed by atoms with van der Waals surface area (Å²) in [7, 11) is 1.51. The summed E-state index contributed by atoms with van der Waals surface area (Å²) in [4.78, 5) is 17.8. The monoisotopic (exact) mass is 307 g/mol. The lowest BCUT2D eigenvalue weighted by atomic mass is 10.4. The highest BCUT2D eigenvalue weighted by molar-refractivity contribution is 5.76. The van der Waals surface area contributed by atoms with Gasteiger partial charge in [0, 0.05) is 32.7 Å². The average Bonchev–Trinajstić information content (AvgIpc) is 2.37. The van der Waals surface area contributed by atoms with Crippen molar-refractivity contribution < 1.29 is 22.7 Å². The number of nitrogens with one attached hydrogen (secondary N) is 2. The highest BCUT2D eigenvalue weighted by Crippen LogP contribution is 2.27. The van der Waals surface area contributed by atoms with Crippen LogP contribution in [-0.4, -0.2) is 42.7 Å². The molecule has 21 heavy (non-hydrogen) atoms. The molecule has 118 valence electrons. The number of nitrogens with two attached hydrogens (primary N) is 1. The van der Waals surface area contributed by atoms with E-state index in [1.54, 1.807) is 0 Å². The van der Waals surface area contributed by atoms with Crippen LogP contribution in [0, 0.1) is 0 Å². The molecule has 1 heterocycles. The Kier molecular flexibility index (Phi) is 6.15. The fourth-order valence-electron chi connectivity index (χ4n) is 1.37. The lowest BCUT2D eigenvalue weighted by Gasteiger charge is -2.10. The van der Waals surface area contributed by atoms with Crippen molar-refractivity contribution in [2.45, 2.75) is 12.6 Å². The van der Waals surface area contributed by atoms with Gasteiger partial charge in [-0.25, -0.2) is 9.97 Å². The number of carbonyl (C=O) groups excluding carboxylic acids is 1. The highest BCUT2D eigenvalue weighted by atomic mass is 19.4. The van der Waals surface area contributed by atoms with E-state index in [0.29, 0.717) is 13.2 Å². The van der Waals surface area contributed by atoms with Crippen LogP contribution in [0.15, 0.2) is 6.07 Å². The van der Waals surface area contributed by atoms with Gasteiger partial charge in [0.25, 0.3) is 0 Å². The number of nitrogen functional groups attached to an aromatic ring is 1. The van der Waals surface area contributed by atoms with Crippen LogP contribution >= 0.6 is 0 Å². The van der Waals surface area contributed by atoms with E-state index in [1.807, 2.05) is 0 Å². The zero-order valence-corrected chi connectivity index (χ0v) is 11.3. The first-order chi connectivity index (χ1) is 9.82. The predicted octanol–water partition coefficient (Wildman–Crippen LogP) is 0.642. The van der Waals surface area contributed by atoms with Crippen molar-refractivity contribution in [1.29, 1.82) is 0 Å². The zero-order chi connectivity index (χ0) is 15.9. The van der Waals surface area contributed by atoms with E-state index < -0.39 is 12.0 Å². The van der Waals surface area contributed by atoms with Crippen molar-refractivity contribution in [3.8, 4) is 0 Å². The summed E-state index contributed by atoms with van der Waals surface area (Å²) >= 11 is 0. The maximum atomic E-state index is 12.5. The van der Waals surface area contributed by atoms with Gasteiger partial charge in [-0.05, 0) is 0 Å². The van der Waals surface area contributed by atoms with Crippen LogP contribution in [0.5, 0.6) is 0 Å². The van der Waals surface area contributed by atoms with Gasteiger partial charge in [0.2, 0.25) is 11.7 Å². The fourth-order valence-corrected chi connectivity index (χ4v) is 1.37. The first kappa shape index (κ1) is 17.0. The van der Waals surface area contributed by atoms with E-state index in [2.05, 4.69) is 20.6 Å².